The molecule has 4 heterocycles. The standard InChI is InChI=1S/C34H18N2O2.C3H2N3.Bi.2Pd/c1-3-21-35-33(11-1)27-7-5-9-31(23-27)37-29-17-13-25(14-18-29)26-15-19-30(20-16-26)38-32-10-6-8-28(24-32)34-12-2-4-22-36-34;1-2-5-6-3-4-1;;;/h1-13,15,17,19,21-22H;1-2H;;;/q-4;;;2*+2. The van der Waals surface area contributed by atoms with Crippen LogP contribution in [-0.2, 0) is 40.8 Å². The number of rotatable bonds is 7. The molecule has 7 aromatic rings. The maximum atomic E-state index is 6.29. The quantitative estimate of drug-likeness (QED) is 0.159. The Morgan fingerprint density at radius 3 is 1.47 bits per heavy atom. The molecule has 4 aromatic carbocycles. The number of benzene rings is 4. The van der Waals surface area contributed by atoms with Gasteiger partial charge in [0, 0.05) is 0 Å². The van der Waals surface area contributed by atoms with Gasteiger partial charge in [0.25, 0.3) is 0 Å². The summed E-state index contributed by atoms with van der Waals surface area (Å²) in [5.41, 5.74) is 5.53. The Morgan fingerprint density at radius 2 is 1.00 bits per heavy atom. The maximum absolute atomic E-state index is 6.29. The number of nitrogens with zero attached hydrogens (tertiary/aromatic N) is 5. The fourth-order valence-corrected chi connectivity index (χ4v) is 13.9. The van der Waals surface area contributed by atoms with E-state index in [0.29, 0.717) is 23.0 Å². The molecule has 0 fully saturated rings. The van der Waals surface area contributed by atoms with Gasteiger partial charge in [-0.15, -0.1) is 0 Å². The zero-order chi connectivity index (χ0) is 30.0. The summed E-state index contributed by atoms with van der Waals surface area (Å²) in [6.45, 7) is 0. The van der Waals surface area contributed by atoms with Gasteiger partial charge in [-0.2, -0.15) is 0 Å². The van der Waals surface area contributed by atoms with Crippen molar-refractivity contribution in [3.63, 3.8) is 0 Å². The number of hydrogen-bond donors (Lipinski definition) is 0. The van der Waals surface area contributed by atoms with E-state index in [1.165, 1.54) is 0 Å². The topological polar surface area (TPSA) is 82.9 Å². The Bertz CT molecular complexity index is 2010. The van der Waals surface area contributed by atoms with Crippen LogP contribution in [0.2, 0.25) is 0 Å². The van der Waals surface area contributed by atoms with Gasteiger partial charge in [0.15, 0.2) is 0 Å². The van der Waals surface area contributed by atoms with Crippen molar-refractivity contribution in [2.75, 3.05) is 0 Å². The minimum atomic E-state index is -3.08. The molecule has 0 spiro atoms. The monoisotopic (exact) mass is 987 g/mol. The first-order chi connectivity index (χ1) is 22.3. The van der Waals surface area contributed by atoms with E-state index < -0.39 is 21.8 Å². The fourth-order valence-electron chi connectivity index (χ4n) is 5.08. The van der Waals surface area contributed by atoms with E-state index in [9.17, 15) is 0 Å². The molecule has 7 nitrogen and oxygen atoms in total. The summed E-state index contributed by atoms with van der Waals surface area (Å²) >= 11 is -3.08. The second kappa shape index (κ2) is 14.8. The van der Waals surface area contributed by atoms with Crippen LogP contribution >= 0.6 is 0 Å². The van der Waals surface area contributed by atoms with Gasteiger partial charge in [-0.1, -0.05) is 0 Å². The van der Waals surface area contributed by atoms with Crippen LogP contribution in [0, 0.1) is 24.3 Å². The molecule has 0 N–H and O–H groups in total. The Balaban J connectivity index is 0.00000193. The molecule has 47 heavy (non-hydrogen) atoms. The second-order valence-electron chi connectivity index (χ2n) is 9.94. The van der Waals surface area contributed by atoms with Crippen molar-refractivity contribution < 1.29 is 50.3 Å². The number of fused-ring (bicyclic) bond motifs is 3. The number of ether oxygens (including phenoxy) is 2. The SMILES string of the molecule is [Pd+2].[Pd+2].[c-]1c(Oc2[c-][c]3c(cc2)-c2ccc(Oc4[c-]c(-c5ccccn5)ccc4)[c-][c]2[Bi]3[c]2nccnn2)cccc1-c1ccccn1. The minimum absolute atomic E-state index is 0. The van der Waals surface area contributed by atoms with Gasteiger partial charge in [-0.05, 0) is 0 Å². The van der Waals surface area contributed by atoms with Gasteiger partial charge in [0.1, 0.15) is 0 Å². The van der Waals surface area contributed by atoms with Gasteiger partial charge in [0.2, 0.25) is 0 Å². The van der Waals surface area contributed by atoms with Gasteiger partial charge < -0.3 is 0 Å². The van der Waals surface area contributed by atoms with E-state index in [0.717, 1.165) is 43.7 Å². The van der Waals surface area contributed by atoms with E-state index >= 15 is 0 Å². The van der Waals surface area contributed by atoms with E-state index in [1.54, 1.807) is 24.8 Å². The van der Waals surface area contributed by atoms with Gasteiger partial charge in [-0.25, -0.2) is 0 Å². The van der Waals surface area contributed by atoms with Crippen LogP contribution in [0.15, 0.2) is 122 Å². The van der Waals surface area contributed by atoms with Crippen molar-refractivity contribution >= 4 is 31.8 Å². The molecular formula is C37H20BiN5O2Pd2. The summed E-state index contributed by atoms with van der Waals surface area (Å²) in [4.78, 5) is 13.5. The summed E-state index contributed by atoms with van der Waals surface area (Å²) in [6.07, 6.45) is 6.81. The Labute approximate surface area is 307 Å². The molecule has 230 valence electrons. The van der Waals surface area contributed by atoms with Crippen LogP contribution in [-0.4, -0.2) is 46.9 Å². The molecule has 0 saturated carbocycles. The van der Waals surface area contributed by atoms with Crippen molar-refractivity contribution in [2.45, 2.75) is 0 Å². The average Bonchev–Trinajstić information content (AvgIpc) is 3.42. The Morgan fingerprint density at radius 1 is 0.468 bits per heavy atom. The second-order valence-corrected chi connectivity index (χ2v) is 17.6. The normalized spacial score (nSPS) is 11.4. The molecule has 0 amide bonds. The van der Waals surface area contributed by atoms with Crippen molar-refractivity contribution in [3.8, 4) is 56.6 Å². The molecule has 1 aliphatic rings. The molecule has 0 radical (unpaired) electrons. The van der Waals surface area contributed by atoms with Gasteiger partial charge in [0.05, 0.1) is 0 Å². The zero-order valence-electron chi connectivity index (χ0n) is 24.2. The Kier molecular flexibility index (Phi) is 10.4. The van der Waals surface area contributed by atoms with Crippen molar-refractivity contribution in [2.24, 2.45) is 0 Å². The van der Waals surface area contributed by atoms with E-state index in [2.05, 4.69) is 61.5 Å². The number of pyridine rings is 2. The molecule has 10 heteroatoms. The van der Waals surface area contributed by atoms with Gasteiger partial charge in [-0.3, -0.25) is 0 Å². The number of hydrogen-bond acceptors (Lipinski definition) is 7. The van der Waals surface area contributed by atoms with Crippen LogP contribution in [0.1, 0.15) is 0 Å². The zero-order valence-corrected chi connectivity index (χ0v) is 30.8. The van der Waals surface area contributed by atoms with Crippen LogP contribution in [0.25, 0.3) is 33.6 Å². The summed E-state index contributed by atoms with van der Waals surface area (Å²) in [6, 6.07) is 45.0. The van der Waals surface area contributed by atoms with E-state index in [4.69, 9.17) is 9.47 Å². The molecule has 0 saturated heterocycles. The fraction of sp³-hybridized carbons (Fsp3) is 0. The van der Waals surface area contributed by atoms with E-state index in [1.807, 2.05) is 84.9 Å². The third-order valence-corrected chi connectivity index (χ3v) is 15.6. The first-order valence-corrected chi connectivity index (χ1v) is 19.3. The summed E-state index contributed by atoms with van der Waals surface area (Å²) in [5.74, 6) is 2.36. The summed E-state index contributed by atoms with van der Waals surface area (Å²) < 4.78 is 15.5. The van der Waals surface area contributed by atoms with Crippen molar-refractivity contribution in [1.29, 1.82) is 0 Å². The summed E-state index contributed by atoms with van der Waals surface area (Å²) in [7, 11) is 0. The molecular weight excluding hydrogens is 968 g/mol. The molecule has 3 aromatic heterocycles. The first-order valence-electron chi connectivity index (χ1n) is 14.1. The average molecular weight is 988 g/mol. The van der Waals surface area contributed by atoms with Gasteiger partial charge >= 0.3 is 310 Å². The summed E-state index contributed by atoms with van der Waals surface area (Å²) in [5, 5.41) is 8.62. The van der Waals surface area contributed by atoms with Crippen molar-refractivity contribution in [1.82, 2.24) is 25.1 Å². The van der Waals surface area contributed by atoms with E-state index in [-0.39, 0.29) is 40.8 Å². The third kappa shape index (κ3) is 7.00. The van der Waals surface area contributed by atoms with Crippen LogP contribution in [0.4, 0.5) is 0 Å². The predicted octanol–water partition coefficient (Wildman–Crippen LogP) is 5.27. The van der Waals surface area contributed by atoms with Crippen molar-refractivity contribution in [3.05, 3.63) is 146 Å². The molecule has 0 unspecified atom stereocenters. The molecule has 0 bridgehead atoms. The van der Waals surface area contributed by atoms with Crippen LogP contribution < -0.4 is 19.5 Å². The predicted molar refractivity (Wildman–Crippen MR) is 171 cm³/mol. The van der Waals surface area contributed by atoms with Crippen LogP contribution in [0.5, 0.6) is 23.0 Å². The molecule has 0 atom stereocenters. The molecule has 1 aliphatic heterocycles. The van der Waals surface area contributed by atoms with Crippen LogP contribution in [0.3, 0.4) is 0 Å². The number of aromatic nitrogens is 5. The first kappa shape index (κ1) is 32.9. The Hall–Kier alpha value is -4.00. The molecule has 8 rings (SSSR count). The third-order valence-electron chi connectivity index (χ3n) is 7.06. The molecule has 0 aliphatic carbocycles.